The van der Waals surface area contributed by atoms with Crippen molar-refractivity contribution in [3.05, 3.63) is 21.2 Å². The first-order chi connectivity index (χ1) is 8.20. The van der Waals surface area contributed by atoms with Gasteiger partial charge in [0.05, 0.1) is 4.47 Å². The normalized spacial score (nSPS) is 24.6. The van der Waals surface area contributed by atoms with Crippen molar-refractivity contribution in [3.63, 3.8) is 0 Å². The molecule has 94 valence electrons. The largest absolute Gasteiger partial charge is 0.365 e. The number of aromatic nitrogens is 1. The van der Waals surface area contributed by atoms with Gasteiger partial charge in [0.15, 0.2) is 0 Å². The summed E-state index contributed by atoms with van der Waals surface area (Å²) in [6, 6.07) is 2.58. The van der Waals surface area contributed by atoms with Crippen molar-refractivity contribution in [1.29, 1.82) is 0 Å². The molecule has 5 heteroatoms. The minimum Gasteiger partial charge on any atom is -0.365 e. The number of hydrogen-bond donors (Lipinski definition) is 1. The Labute approximate surface area is 124 Å². The van der Waals surface area contributed by atoms with Crippen LogP contribution in [0.25, 0.3) is 0 Å². The van der Waals surface area contributed by atoms with Gasteiger partial charge in [-0.2, -0.15) is 11.8 Å². The summed E-state index contributed by atoms with van der Waals surface area (Å²) in [5.74, 6) is 0.958. The Kier molecular flexibility index (Phi) is 5.18. The maximum absolute atomic E-state index is 4.43. The van der Waals surface area contributed by atoms with Crippen molar-refractivity contribution in [2.75, 3.05) is 11.6 Å². The number of pyridine rings is 1. The first-order valence-corrected chi connectivity index (χ1v) is 8.68. The molecule has 1 fully saturated rings. The van der Waals surface area contributed by atoms with Gasteiger partial charge >= 0.3 is 0 Å². The zero-order valence-corrected chi connectivity index (χ0v) is 13.7. The SMILES string of the molecule is CSC1CCCCC1Nc1ncc(Br)cc1Br. The van der Waals surface area contributed by atoms with Crippen molar-refractivity contribution in [2.45, 2.75) is 37.0 Å². The van der Waals surface area contributed by atoms with Crippen LogP contribution in [0.5, 0.6) is 0 Å². The van der Waals surface area contributed by atoms with Crippen LogP contribution in [-0.4, -0.2) is 22.5 Å². The molecule has 0 amide bonds. The van der Waals surface area contributed by atoms with E-state index < -0.39 is 0 Å². The van der Waals surface area contributed by atoms with Gasteiger partial charge in [-0.05, 0) is 57.0 Å². The fourth-order valence-electron chi connectivity index (χ4n) is 2.24. The molecule has 2 unspecified atom stereocenters. The fraction of sp³-hybridized carbons (Fsp3) is 0.583. The summed E-state index contributed by atoms with van der Waals surface area (Å²) < 4.78 is 2.03. The predicted molar refractivity (Wildman–Crippen MR) is 82.8 cm³/mol. The quantitative estimate of drug-likeness (QED) is 0.824. The summed E-state index contributed by atoms with van der Waals surface area (Å²) in [5, 5.41) is 4.29. The van der Waals surface area contributed by atoms with Crippen LogP contribution in [-0.2, 0) is 0 Å². The highest BCUT2D eigenvalue weighted by molar-refractivity contribution is 9.11. The van der Waals surface area contributed by atoms with E-state index in [-0.39, 0.29) is 0 Å². The van der Waals surface area contributed by atoms with E-state index in [9.17, 15) is 0 Å². The van der Waals surface area contributed by atoms with Gasteiger partial charge in [0, 0.05) is 22.0 Å². The summed E-state index contributed by atoms with van der Waals surface area (Å²) in [4.78, 5) is 4.43. The first kappa shape index (κ1) is 13.7. The highest BCUT2D eigenvalue weighted by Gasteiger charge is 2.24. The average molecular weight is 380 g/mol. The highest BCUT2D eigenvalue weighted by atomic mass is 79.9. The van der Waals surface area contributed by atoms with Crippen molar-refractivity contribution in [2.24, 2.45) is 0 Å². The number of anilines is 1. The molecule has 1 aliphatic rings. The molecule has 0 bridgehead atoms. The van der Waals surface area contributed by atoms with E-state index >= 15 is 0 Å². The van der Waals surface area contributed by atoms with E-state index in [0.717, 1.165) is 14.8 Å². The monoisotopic (exact) mass is 378 g/mol. The highest BCUT2D eigenvalue weighted by Crippen LogP contribution is 2.31. The van der Waals surface area contributed by atoms with E-state index in [1.165, 1.54) is 25.7 Å². The summed E-state index contributed by atoms with van der Waals surface area (Å²) in [6.45, 7) is 0. The average Bonchev–Trinajstić information content (AvgIpc) is 2.33. The molecule has 0 aromatic carbocycles. The lowest BCUT2D eigenvalue weighted by molar-refractivity contribution is 0.474. The van der Waals surface area contributed by atoms with Gasteiger partial charge in [0.2, 0.25) is 0 Å². The Bertz CT molecular complexity index is 387. The summed E-state index contributed by atoms with van der Waals surface area (Å²) >= 11 is 8.94. The Balaban J connectivity index is 2.08. The molecule has 2 rings (SSSR count). The maximum Gasteiger partial charge on any atom is 0.140 e. The Morgan fingerprint density at radius 1 is 1.35 bits per heavy atom. The van der Waals surface area contributed by atoms with Crippen molar-refractivity contribution in [3.8, 4) is 0 Å². The minimum atomic E-state index is 0.545. The second kappa shape index (κ2) is 6.43. The van der Waals surface area contributed by atoms with E-state index in [1.54, 1.807) is 0 Å². The van der Waals surface area contributed by atoms with Crippen molar-refractivity contribution < 1.29 is 0 Å². The van der Waals surface area contributed by atoms with E-state index in [4.69, 9.17) is 0 Å². The standard InChI is InChI=1S/C12H16Br2N2S/c1-17-11-5-3-2-4-10(11)16-12-9(14)6-8(13)7-15-12/h6-7,10-11H,2-5H2,1H3,(H,15,16). The van der Waals surface area contributed by atoms with Crippen LogP contribution in [0.3, 0.4) is 0 Å². The topological polar surface area (TPSA) is 24.9 Å². The molecule has 2 atom stereocenters. The van der Waals surface area contributed by atoms with Crippen LogP contribution in [0.15, 0.2) is 21.2 Å². The number of thioether (sulfide) groups is 1. The lowest BCUT2D eigenvalue weighted by Gasteiger charge is -2.31. The third-order valence-electron chi connectivity index (χ3n) is 3.14. The fourth-order valence-corrected chi connectivity index (χ4v) is 4.28. The smallest absolute Gasteiger partial charge is 0.140 e. The molecule has 1 aromatic rings. The lowest BCUT2D eigenvalue weighted by Crippen LogP contribution is -2.34. The Morgan fingerprint density at radius 2 is 2.12 bits per heavy atom. The number of hydrogen-bond acceptors (Lipinski definition) is 3. The van der Waals surface area contributed by atoms with Gasteiger partial charge in [0.1, 0.15) is 5.82 Å². The molecule has 17 heavy (non-hydrogen) atoms. The molecule has 0 spiro atoms. The van der Waals surface area contributed by atoms with Crippen LogP contribution in [0, 0.1) is 0 Å². The maximum atomic E-state index is 4.43. The van der Waals surface area contributed by atoms with Crippen LogP contribution in [0.2, 0.25) is 0 Å². The number of rotatable bonds is 3. The van der Waals surface area contributed by atoms with E-state index in [0.29, 0.717) is 11.3 Å². The molecular formula is C12H16Br2N2S. The first-order valence-electron chi connectivity index (χ1n) is 5.81. The molecule has 0 radical (unpaired) electrons. The van der Waals surface area contributed by atoms with Crippen LogP contribution >= 0.6 is 43.6 Å². The number of halogens is 2. The van der Waals surface area contributed by atoms with Gasteiger partial charge in [-0.1, -0.05) is 12.8 Å². The zero-order valence-electron chi connectivity index (χ0n) is 9.75. The second-order valence-electron chi connectivity index (χ2n) is 4.29. The lowest BCUT2D eigenvalue weighted by atomic mass is 9.95. The van der Waals surface area contributed by atoms with Crippen molar-refractivity contribution >= 4 is 49.4 Å². The third-order valence-corrected chi connectivity index (χ3v) is 5.34. The van der Waals surface area contributed by atoms with Gasteiger partial charge in [-0.15, -0.1) is 0 Å². The molecule has 1 aliphatic carbocycles. The molecule has 2 nitrogen and oxygen atoms in total. The summed E-state index contributed by atoms with van der Waals surface area (Å²) in [6.07, 6.45) is 9.28. The molecule has 1 aromatic heterocycles. The molecule has 1 heterocycles. The number of nitrogens with zero attached hydrogens (tertiary/aromatic N) is 1. The van der Waals surface area contributed by atoms with E-state index in [1.807, 2.05) is 24.0 Å². The van der Waals surface area contributed by atoms with Gasteiger partial charge < -0.3 is 5.32 Å². The summed E-state index contributed by atoms with van der Waals surface area (Å²) in [7, 11) is 0. The zero-order chi connectivity index (χ0) is 12.3. The minimum absolute atomic E-state index is 0.545. The van der Waals surface area contributed by atoms with Crippen LogP contribution in [0.4, 0.5) is 5.82 Å². The van der Waals surface area contributed by atoms with Gasteiger partial charge in [-0.3, -0.25) is 0 Å². The predicted octanol–water partition coefficient (Wildman–Crippen LogP) is 4.69. The second-order valence-corrected chi connectivity index (χ2v) is 7.14. The molecular weight excluding hydrogens is 364 g/mol. The third kappa shape index (κ3) is 3.61. The van der Waals surface area contributed by atoms with Crippen LogP contribution < -0.4 is 5.32 Å². The molecule has 1 saturated carbocycles. The molecule has 1 N–H and O–H groups in total. The van der Waals surface area contributed by atoms with Crippen molar-refractivity contribution in [1.82, 2.24) is 4.98 Å². The van der Waals surface area contributed by atoms with E-state index in [2.05, 4.69) is 48.4 Å². The molecule has 0 aliphatic heterocycles. The Hall–Kier alpha value is 0.260. The summed E-state index contributed by atoms with van der Waals surface area (Å²) in [5.41, 5.74) is 0. The molecule has 0 saturated heterocycles. The number of nitrogens with one attached hydrogen (secondary N) is 1. The van der Waals surface area contributed by atoms with Gasteiger partial charge in [0.25, 0.3) is 0 Å². The van der Waals surface area contributed by atoms with Gasteiger partial charge in [-0.25, -0.2) is 4.98 Å². The Morgan fingerprint density at radius 3 is 2.82 bits per heavy atom. The van der Waals surface area contributed by atoms with Crippen LogP contribution in [0.1, 0.15) is 25.7 Å².